The summed E-state index contributed by atoms with van der Waals surface area (Å²) in [6, 6.07) is 0.0808. The van der Waals surface area contributed by atoms with Crippen LogP contribution in [-0.4, -0.2) is 25.4 Å². The number of nitrogens with one attached hydrogen (secondary N) is 1. The Bertz CT molecular complexity index is 154. The molecule has 1 heterocycles. The van der Waals surface area contributed by atoms with E-state index in [1.807, 2.05) is 0 Å². The Morgan fingerprint density at radius 3 is 2.69 bits per heavy atom. The minimum Gasteiger partial charge on any atom is -0.361 e. The third-order valence-corrected chi connectivity index (χ3v) is 2.06. The van der Waals surface area contributed by atoms with Gasteiger partial charge in [-0.1, -0.05) is 0 Å². The Labute approximate surface area is 75.4 Å². The van der Waals surface area contributed by atoms with E-state index >= 15 is 0 Å². The average molecular weight is 196 g/mol. The Balaban J connectivity index is 2.17. The zero-order valence-corrected chi connectivity index (χ0v) is 7.45. The van der Waals surface area contributed by atoms with Crippen LogP contribution in [0.3, 0.4) is 0 Å². The third kappa shape index (κ3) is 3.52. The maximum Gasteiger partial charge on any atom is 0.420 e. The first-order valence-corrected chi connectivity index (χ1v) is 4.27. The molecule has 1 aliphatic heterocycles. The smallest absolute Gasteiger partial charge is 0.361 e. The summed E-state index contributed by atoms with van der Waals surface area (Å²) in [6.45, 7) is 1.94. The molecule has 1 atom stereocenters. The van der Waals surface area contributed by atoms with Gasteiger partial charge in [0.25, 0.3) is 0 Å². The lowest BCUT2D eigenvalue weighted by molar-refractivity contribution is -0.165. The topological polar surface area (TPSA) is 21.3 Å². The summed E-state index contributed by atoms with van der Waals surface area (Å²) in [7, 11) is 0. The fourth-order valence-corrected chi connectivity index (χ4v) is 1.21. The first-order chi connectivity index (χ1) is 6.00. The summed E-state index contributed by atoms with van der Waals surface area (Å²) < 4.78 is 40.4. The Morgan fingerprint density at radius 1 is 1.54 bits per heavy atom. The molecule has 0 aromatic rings. The minimum atomic E-state index is -4.32. The largest absolute Gasteiger partial charge is 0.420 e. The van der Waals surface area contributed by atoms with E-state index in [0.717, 1.165) is 26.3 Å². The molecular weight excluding hydrogens is 183 g/mol. The van der Waals surface area contributed by atoms with Gasteiger partial charge < -0.3 is 10.1 Å². The molecule has 5 heteroatoms. The van der Waals surface area contributed by atoms with Crippen LogP contribution in [0.2, 0.25) is 0 Å². The van der Waals surface area contributed by atoms with E-state index in [4.69, 9.17) is 0 Å². The van der Waals surface area contributed by atoms with Gasteiger partial charge >= 0.3 is 6.18 Å². The van der Waals surface area contributed by atoms with Crippen molar-refractivity contribution in [3.8, 4) is 0 Å². The highest BCUT2D eigenvalue weighted by Crippen LogP contribution is 2.28. The molecule has 1 unspecified atom stereocenters. The maximum atomic E-state index is 11.9. The molecule has 13 heavy (non-hydrogen) atoms. The van der Waals surface area contributed by atoms with Gasteiger partial charge in [0.2, 0.25) is 0 Å². The van der Waals surface area contributed by atoms with Gasteiger partial charge in [-0.05, 0) is 26.3 Å². The summed E-state index contributed by atoms with van der Waals surface area (Å²) in [6.07, 6.45) is -3.27. The standard InChI is InChI=1S/C8H13F3NO/c1-6(8(9,10)11)13-5-7-3-2-4-12-7/h7,12H,2-5H2,1H3. The summed E-state index contributed by atoms with van der Waals surface area (Å²) >= 11 is 0. The van der Waals surface area contributed by atoms with Crippen LogP contribution in [0, 0.1) is 6.10 Å². The predicted octanol–water partition coefficient (Wildman–Crippen LogP) is 1.87. The van der Waals surface area contributed by atoms with E-state index in [2.05, 4.69) is 10.1 Å². The lowest BCUT2D eigenvalue weighted by atomic mass is 10.2. The first kappa shape index (κ1) is 10.8. The highest BCUT2D eigenvalue weighted by Gasteiger charge is 2.38. The van der Waals surface area contributed by atoms with E-state index in [1.54, 1.807) is 0 Å². The summed E-state index contributed by atoms with van der Waals surface area (Å²) in [5.41, 5.74) is 0. The second-order valence-corrected chi connectivity index (χ2v) is 3.16. The molecule has 0 aromatic carbocycles. The van der Waals surface area contributed by atoms with Crippen molar-refractivity contribution in [2.75, 3.05) is 13.2 Å². The monoisotopic (exact) mass is 196 g/mol. The van der Waals surface area contributed by atoms with Crippen molar-refractivity contribution < 1.29 is 17.9 Å². The SMILES string of the molecule is C[C](OCC1CCCN1)C(F)(F)F. The zero-order valence-electron chi connectivity index (χ0n) is 7.45. The van der Waals surface area contributed by atoms with Gasteiger partial charge in [0.05, 0.1) is 6.61 Å². The lowest BCUT2D eigenvalue weighted by Crippen LogP contribution is -2.30. The van der Waals surface area contributed by atoms with E-state index in [1.165, 1.54) is 0 Å². The molecule has 1 rings (SSSR count). The van der Waals surface area contributed by atoms with Crippen LogP contribution in [-0.2, 0) is 4.74 Å². The van der Waals surface area contributed by atoms with Crippen molar-refractivity contribution in [2.45, 2.75) is 32.0 Å². The third-order valence-electron chi connectivity index (χ3n) is 2.06. The summed E-state index contributed by atoms with van der Waals surface area (Å²) in [4.78, 5) is 0. The quantitative estimate of drug-likeness (QED) is 0.744. The average Bonchev–Trinajstić information content (AvgIpc) is 2.50. The van der Waals surface area contributed by atoms with Gasteiger partial charge in [-0.2, -0.15) is 13.2 Å². The highest BCUT2D eigenvalue weighted by atomic mass is 19.4. The number of halogens is 3. The fraction of sp³-hybridized carbons (Fsp3) is 0.875. The van der Waals surface area contributed by atoms with Crippen molar-refractivity contribution in [1.82, 2.24) is 5.32 Å². The molecule has 1 fully saturated rings. The molecule has 1 saturated heterocycles. The predicted molar refractivity (Wildman–Crippen MR) is 41.9 cm³/mol. The van der Waals surface area contributed by atoms with Crippen molar-refractivity contribution >= 4 is 0 Å². The molecule has 0 bridgehead atoms. The number of hydrogen-bond donors (Lipinski definition) is 1. The molecule has 77 valence electrons. The van der Waals surface area contributed by atoms with Gasteiger partial charge in [0, 0.05) is 6.04 Å². The van der Waals surface area contributed by atoms with Gasteiger partial charge in [0.15, 0.2) is 6.10 Å². The van der Waals surface area contributed by atoms with E-state index in [-0.39, 0.29) is 12.6 Å². The number of ether oxygens (including phenoxy) is 1. The van der Waals surface area contributed by atoms with Crippen LogP contribution < -0.4 is 5.32 Å². The molecule has 0 saturated carbocycles. The molecule has 2 nitrogen and oxygen atoms in total. The summed E-state index contributed by atoms with van der Waals surface area (Å²) in [5, 5.41) is 3.06. The van der Waals surface area contributed by atoms with Crippen LogP contribution in [0.5, 0.6) is 0 Å². The number of hydrogen-bond acceptors (Lipinski definition) is 2. The molecule has 1 N–H and O–H groups in total. The first-order valence-electron chi connectivity index (χ1n) is 4.27. The van der Waals surface area contributed by atoms with Crippen molar-refractivity contribution in [1.29, 1.82) is 0 Å². The highest BCUT2D eigenvalue weighted by molar-refractivity contribution is 4.83. The van der Waals surface area contributed by atoms with Gasteiger partial charge in [-0.15, -0.1) is 0 Å². The Hall–Kier alpha value is -0.290. The normalized spacial score (nSPS) is 24.2. The van der Waals surface area contributed by atoms with Gasteiger partial charge in [-0.3, -0.25) is 0 Å². The molecular formula is C8H13F3NO. The fourth-order valence-electron chi connectivity index (χ4n) is 1.21. The molecule has 0 spiro atoms. The molecule has 0 aromatic heterocycles. The van der Waals surface area contributed by atoms with E-state index < -0.39 is 12.3 Å². The zero-order chi connectivity index (χ0) is 9.90. The van der Waals surface area contributed by atoms with Crippen LogP contribution in [0.1, 0.15) is 19.8 Å². The van der Waals surface area contributed by atoms with Crippen molar-refractivity contribution in [3.05, 3.63) is 6.10 Å². The maximum absolute atomic E-state index is 11.9. The lowest BCUT2D eigenvalue weighted by Gasteiger charge is -2.17. The molecule has 1 aliphatic rings. The van der Waals surface area contributed by atoms with E-state index in [0.29, 0.717) is 0 Å². The number of rotatable bonds is 3. The second kappa shape index (κ2) is 4.28. The van der Waals surface area contributed by atoms with Crippen LogP contribution in [0.15, 0.2) is 0 Å². The van der Waals surface area contributed by atoms with E-state index in [9.17, 15) is 13.2 Å². The van der Waals surface area contributed by atoms with Gasteiger partial charge in [0.1, 0.15) is 0 Å². The van der Waals surface area contributed by atoms with Crippen molar-refractivity contribution in [3.63, 3.8) is 0 Å². The Kier molecular flexibility index (Phi) is 3.55. The minimum absolute atomic E-state index is 0.0808. The molecule has 0 amide bonds. The van der Waals surface area contributed by atoms with Crippen LogP contribution in [0.4, 0.5) is 13.2 Å². The Morgan fingerprint density at radius 2 is 2.23 bits per heavy atom. The van der Waals surface area contributed by atoms with Gasteiger partial charge in [-0.25, -0.2) is 0 Å². The second-order valence-electron chi connectivity index (χ2n) is 3.16. The van der Waals surface area contributed by atoms with Crippen LogP contribution >= 0.6 is 0 Å². The number of alkyl halides is 3. The molecule has 0 aliphatic carbocycles. The van der Waals surface area contributed by atoms with Crippen molar-refractivity contribution in [2.24, 2.45) is 0 Å². The van der Waals surface area contributed by atoms with Crippen LogP contribution in [0.25, 0.3) is 0 Å². The molecule has 1 radical (unpaired) electrons. The summed E-state index contributed by atoms with van der Waals surface area (Å²) in [5.74, 6) is 0.